The third-order valence-electron chi connectivity index (χ3n) is 4.12. The number of ketones is 1. The van der Waals surface area contributed by atoms with Crippen molar-refractivity contribution in [3.8, 4) is 11.8 Å². The van der Waals surface area contributed by atoms with Gasteiger partial charge in [0.25, 0.3) is 0 Å². The highest BCUT2D eigenvalue weighted by Gasteiger charge is 2.21. The van der Waals surface area contributed by atoms with Crippen LogP contribution >= 0.6 is 0 Å². The highest BCUT2D eigenvalue weighted by atomic mass is 16.6. The molecule has 0 heterocycles. The van der Waals surface area contributed by atoms with Gasteiger partial charge in [-0.1, -0.05) is 20.8 Å². The molecule has 0 aromatic heterocycles. The Morgan fingerprint density at radius 3 is 2.17 bits per heavy atom. The van der Waals surface area contributed by atoms with E-state index in [1.165, 1.54) is 6.92 Å². The molecular weight excluding hydrogens is 384 g/mol. The molecule has 0 spiro atoms. The van der Waals surface area contributed by atoms with Gasteiger partial charge in [-0.15, -0.1) is 0 Å². The number of amides is 1. The fourth-order valence-electron chi connectivity index (χ4n) is 2.26. The van der Waals surface area contributed by atoms with E-state index >= 15 is 0 Å². The van der Waals surface area contributed by atoms with E-state index in [-0.39, 0.29) is 11.7 Å². The number of nitrogens with zero attached hydrogens (tertiary/aromatic N) is 1. The number of rotatable bonds is 7. The maximum Gasteiger partial charge on any atom is 0.347 e. The van der Waals surface area contributed by atoms with Crippen molar-refractivity contribution < 1.29 is 23.9 Å². The summed E-state index contributed by atoms with van der Waals surface area (Å²) in [4.78, 5) is 36.3. The molecule has 0 radical (unpaired) electrons. The van der Waals surface area contributed by atoms with E-state index in [1.54, 1.807) is 69.3 Å². The molecular formula is C23H24N2O5. The molecule has 7 nitrogen and oxygen atoms in total. The molecule has 2 aromatic carbocycles. The molecule has 0 saturated heterocycles. The topological polar surface area (TPSA) is 105 Å². The first kappa shape index (κ1) is 22.6. The van der Waals surface area contributed by atoms with Crippen molar-refractivity contribution >= 4 is 23.3 Å². The SMILES string of the molecule is C[C@@H](Oc1ccc(C#N)cc1)C(=O)OCC(=O)c1ccc(NC(=O)C(C)(C)C)cc1. The zero-order chi connectivity index (χ0) is 22.3. The number of nitrogens with one attached hydrogen (secondary N) is 1. The Kier molecular flexibility index (Phi) is 7.32. The molecule has 0 saturated carbocycles. The van der Waals surface area contributed by atoms with Gasteiger partial charge in [0, 0.05) is 16.7 Å². The first-order valence-electron chi connectivity index (χ1n) is 9.38. The summed E-state index contributed by atoms with van der Waals surface area (Å²) in [5.74, 6) is -0.770. The van der Waals surface area contributed by atoms with Crippen molar-refractivity contribution in [2.75, 3.05) is 11.9 Å². The summed E-state index contributed by atoms with van der Waals surface area (Å²) in [6.07, 6.45) is -0.916. The van der Waals surface area contributed by atoms with E-state index in [4.69, 9.17) is 14.7 Å². The number of carbonyl (C=O) groups excluding carboxylic acids is 3. The van der Waals surface area contributed by atoms with Crippen LogP contribution in [0.5, 0.6) is 5.75 Å². The highest BCUT2D eigenvalue weighted by Crippen LogP contribution is 2.18. The van der Waals surface area contributed by atoms with Crippen LogP contribution in [0, 0.1) is 16.7 Å². The number of anilines is 1. The minimum atomic E-state index is -0.916. The molecule has 0 fully saturated rings. The number of benzene rings is 2. The minimum Gasteiger partial charge on any atom is -0.479 e. The van der Waals surface area contributed by atoms with Crippen LogP contribution in [0.15, 0.2) is 48.5 Å². The summed E-state index contributed by atoms with van der Waals surface area (Å²) in [7, 11) is 0. The Labute approximate surface area is 175 Å². The second kappa shape index (κ2) is 9.70. The number of esters is 1. The van der Waals surface area contributed by atoms with Crippen molar-refractivity contribution in [1.29, 1.82) is 5.26 Å². The average Bonchev–Trinajstić information content (AvgIpc) is 2.72. The molecule has 30 heavy (non-hydrogen) atoms. The van der Waals surface area contributed by atoms with Crippen molar-refractivity contribution in [2.24, 2.45) is 5.41 Å². The Balaban J connectivity index is 1.86. The van der Waals surface area contributed by atoms with E-state index in [9.17, 15) is 14.4 Å². The number of ether oxygens (including phenoxy) is 2. The van der Waals surface area contributed by atoms with E-state index in [0.29, 0.717) is 22.6 Å². The lowest BCUT2D eigenvalue weighted by atomic mass is 9.95. The van der Waals surface area contributed by atoms with Gasteiger partial charge in [-0.25, -0.2) is 4.79 Å². The van der Waals surface area contributed by atoms with Crippen LogP contribution in [0.25, 0.3) is 0 Å². The number of nitriles is 1. The molecule has 0 aliphatic heterocycles. The van der Waals surface area contributed by atoms with E-state index in [1.807, 2.05) is 6.07 Å². The van der Waals surface area contributed by atoms with Gasteiger partial charge in [0.2, 0.25) is 5.91 Å². The van der Waals surface area contributed by atoms with Crippen LogP contribution in [0.4, 0.5) is 5.69 Å². The smallest absolute Gasteiger partial charge is 0.347 e. The van der Waals surface area contributed by atoms with Crippen LogP contribution in [0.3, 0.4) is 0 Å². The van der Waals surface area contributed by atoms with Crippen molar-refractivity contribution in [3.05, 3.63) is 59.7 Å². The van der Waals surface area contributed by atoms with Gasteiger partial charge in [-0.3, -0.25) is 9.59 Å². The van der Waals surface area contributed by atoms with Crippen LogP contribution in [0.1, 0.15) is 43.6 Å². The lowest BCUT2D eigenvalue weighted by molar-refractivity contribution is -0.149. The molecule has 0 unspecified atom stereocenters. The van der Waals surface area contributed by atoms with Crippen LogP contribution in [-0.2, 0) is 14.3 Å². The summed E-state index contributed by atoms with van der Waals surface area (Å²) in [5.41, 5.74) is 0.886. The van der Waals surface area contributed by atoms with Gasteiger partial charge < -0.3 is 14.8 Å². The summed E-state index contributed by atoms with van der Waals surface area (Å²) < 4.78 is 10.5. The van der Waals surface area contributed by atoms with E-state index < -0.39 is 24.1 Å². The fourth-order valence-corrected chi connectivity index (χ4v) is 2.26. The van der Waals surface area contributed by atoms with Gasteiger partial charge in [0.05, 0.1) is 11.6 Å². The third-order valence-corrected chi connectivity index (χ3v) is 4.12. The zero-order valence-corrected chi connectivity index (χ0v) is 17.4. The molecule has 1 N–H and O–H groups in total. The summed E-state index contributed by atoms with van der Waals surface area (Å²) in [6.45, 7) is 6.51. The quantitative estimate of drug-likeness (QED) is 0.553. The van der Waals surface area contributed by atoms with Crippen molar-refractivity contribution in [3.63, 3.8) is 0 Å². The number of hydrogen-bond donors (Lipinski definition) is 1. The summed E-state index contributed by atoms with van der Waals surface area (Å²) >= 11 is 0. The Hall–Kier alpha value is -3.66. The first-order chi connectivity index (χ1) is 14.1. The standard InChI is InChI=1S/C23H24N2O5/c1-15(30-19-11-5-16(13-24)6-12-19)21(27)29-14-20(26)17-7-9-18(10-8-17)25-22(28)23(2,3)4/h5-12,15H,14H2,1-4H3,(H,25,28)/t15-/m1/s1. The first-order valence-corrected chi connectivity index (χ1v) is 9.38. The number of hydrogen-bond acceptors (Lipinski definition) is 6. The molecule has 7 heteroatoms. The second-order valence-corrected chi connectivity index (χ2v) is 7.71. The van der Waals surface area contributed by atoms with Gasteiger partial charge in [-0.05, 0) is 55.5 Å². The van der Waals surface area contributed by atoms with Gasteiger partial charge in [0.1, 0.15) is 5.75 Å². The largest absolute Gasteiger partial charge is 0.479 e. The Morgan fingerprint density at radius 1 is 1.03 bits per heavy atom. The molecule has 0 aliphatic rings. The molecule has 156 valence electrons. The van der Waals surface area contributed by atoms with Gasteiger partial charge in [0.15, 0.2) is 18.5 Å². The zero-order valence-electron chi connectivity index (χ0n) is 17.4. The van der Waals surface area contributed by atoms with Gasteiger partial charge >= 0.3 is 5.97 Å². The highest BCUT2D eigenvalue weighted by molar-refractivity contribution is 5.99. The number of Topliss-reactive ketones (excluding diaryl/α,β-unsaturated/α-hetero) is 1. The minimum absolute atomic E-state index is 0.133. The van der Waals surface area contributed by atoms with Crippen LogP contribution < -0.4 is 10.1 Å². The van der Waals surface area contributed by atoms with E-state index in [0.717, 1.165) is 0 Å². The molecule has 0 aliphatic carbocycles. The van der Waals surface area contributed by atoms with Gasteiger partial charge in [-0.2, -0.15) is 5.26 Å². The molecule has 2 aromatic rings. The molecule has 1 amide bonds. The van der Waals surface area contributed by atoms with E-state index in [2.05, 4.69) is 5.32 Å². The van der Waals surface area contributed by atoms with Crippen LogP contribution in [-0.4, -0.2) is 30.4 Å². The maximum atomic E-state index is 12.3. The summed E-state index contributed by atoms with van der Waals surface area (Å²) in [5, 5.41) is 11.6. The molecule has 1 atom stereocenters. The Bertz CT molecular complexity index is 951. The number of carbonyl (C=O) groups is 3. The van der Waals surface area contributed by atoms with Crippen molar-refractivity contribution in [2.45, 2.75) is 33.8 Å². The lowest BCUT2D eigenvalue weighted by Gasteiger charge is -2.17. The normalized spacial score (nSPS) is 11.7. The maximum absolute atomic E-state index is 12.3. The fraction of sp³-hybridized carbons (Fsp3) is 0.304. The Morgan fingerprint density at radius 2 is 1.63 bits per heavy atom. The molecule has 0 bridgehead atoms. The second-order valence-electron chi connectivity index (χ2n) is 7.71. The third kappa shape index (κ3) is 6.45. The van der Waals surface area contributed by atoms with Crippen LogP contribution in [0.2, 0.25) is 0 Å². The lowest BCUT2D eigenvalue weighted by Crippen LogP contribution is -2.28. The predicted molar refractivity (Wildman–Crippen MR) is 111 cm³/mol. The molecule has 2 rings (SSSR count). The monoisotopic (exact) mass is 408 g/mol. The van der Waals surface area contributed by atoms with Crippen molar-refractivity contribution in [1.82, 2.24) is 0 Å². The predicted octanol–water partition coefficient (Wildman–Crippen LogP) is 3.74. The average molecular weight is 408 g/mol. The summed E-state index contributed by atoms with van der Waals surface area (Å²) in [6, 6.07) is 14.7.